The highest BCUT2D eigenvalue weighted by Gasteiger charge is 2.21. The summed E-state index contributed by atoms with van der Waals surface area (Å²) in [7, 11) is 2.01. The minimum absolute atomic E-state index is 0.0122. The Kier molecular flexibility index (Phi) is 6.34. The van der Waals surface area contributed by atoms with Crippen LogP contribution in [0.1, 0.15) is 25.2 Å². The molecule has 2 heterocycles. The first-order valence-corrected chi connectivity index (χ1v) is 9.48. The van der Waals surface area contributed by atoms with Crippen LogP contribution in [0.2, 0.25) is 0 Å². The van der Waals surface area contributed by atoms with Crippen LogP contribution in [0.5, 0.6) is 5.75 Å². The Morgan fingerprint density at radius 2 is 2.04 bits per heavy atom. The lowest BCUT2D eigenvalue weighted by molar-refractivity contribution is 0.132. The van der Waals surface area contributed by atoms with E-state index in [1.54, 1.807) is 0 Å². The van der Waals surface area contributed by atoms with Gasteiger partial charge in [0.25, 0.3) is 0 Å². The van der Waals surface area contributed by atoms with Crippen molar-refractivity contribution < 1.29 is 9.53 Å². The van der Waals surface area contributed by atoms with Crippen LogP contribution >= 0.6 is 0 Å². The van der Waals surface area contributed by atoms with E-state index in [0.717, 1.165) is 49.9 Å². The maximum Gasteiger partial charge on any atom is 0.317 e. The first-order valence-electron chi connectivity index (χ1n) is 9.48. The summed E-state index contributed by atoms with van der Waals surface area (Å²) >= 11 is 0. The first kappa shape index (κ1) is 19.2. The molecule has 27 heavy (non-hydrogen) atoms. The van der Waals surface area contributed by atoms with Crippen LogP contribution in [0.3, 0.4) is 0 Å². The van der Waals surface area contributed by atoms with Crippen molar-refractivity contribution in [2.75, 3.05) is 26.2 Å². The number of carbonyl (C=O) groups is 1. The van der Waals surface area contributed by atoms with E-state index in [-0.39, 0.29) is 12.1 Å². The Balaban J connectivity index is 1.44. The Morgan fingerprint density at radius 3 is 2.70 bits per heavy atom. The summed E-state index contributed by atoms with van der Waals surface area (Å²) in [6.07, 6.45) is 3.91. The molecule has 1 aliphatic heterocycles. The number of imidazole rings is 1. The van der Waals surface area contributed by atoms with E-state index in [2.05, 4.69) is 15.2 Å². The Hall–Kier alpha value is -2.54. The van der Waals surface area contributed by atoms with E-state index in [1.807, 2.05) is 67.0 Å². The summed E-state index contributed by atoms with van der Waals surface area (Å²) in [6.45, 7) is 8.50. The number of ether oxygens (including phenoxy) is 1. The van der Waals surface area contributed by atoms with Gasteiger partial charge in [-0.3, -0.25) is 4.90 Å². The van der Waals surface area contributed by atoms with Crippen LogP contribution in [0.15, 0.2) is 36.7 Å². The van der Waals surface area contributed by atoms with Gasteiger partial charge in [0.2, 0.25) is 0 Å². The summed E-state index contributed by atoms with van der Waals surface area (Å²) in [5.41, 5.74) is 1.04. The van der Waals surface area contributed by atoms with Crippen molar-refractivity contribution in [3.8, 4) is 5.75 Å². The van der Waals surface area contributed by atoms with E-state index in [1.165, 1.54) is 0 Å². The number of carbonyl (C=O) groups excluding carboxylic acids is 1. The second kappa shape index (κ2) is 8.90. The lowest BCUT2D eigenvalue weighted by atomic mass is 10.2. The van der Waals surface area contributed by atoms with Crippen molar-refractivity contribution in [3.05, 3.63) is 48.0 Å². The van der Waals surface area contributed by atoms with Gasteiger partial charge in [0.1, 0.15) is 11.6 Å². The third kappa shape index (κ3) is 5.47. The maximum atomic E-state index is 12.5. The molecule has 146 valence electrons. The monoisotopic (exact) mass is 371 g/mol. The Bertz CT molecular complexity index is 750. The number of aromatic nitrogens is 2. The summed E-state index contributed by atoms with van der Waals surface area (Å²) < 4.78 is 7.74. The molecule has 0 saturated carbocycles. The zero-order valence-corrected chi connectivity index (χ0v) is 16.4. The lowest BCUT2D eigenvalue weighted by Crippen LogP contribution is -2.51. The molecule has 1 aromatic carbocycles. The van der Waals surface area contributed by atoms with Gasteiger partial charge < -0.3 is 19.5 Å². The van der Waals surface area contributed by atoms with Crippen molar-refractivity contribution in [2.45, 2.75) is 33.0 Å². The van der Waals surface area contributed by atoms with Gasteiger partial charge in [0.05, 0.1) is 12.6 Å². The molecule has 3 rings (SSSR count). The molecule has 0 atom stereocenters. The van der Waals surface area contributed by atoms with Crippen LogP contribution in [-0.4, -0.2) is 57.7 Å². The molecule has 0 unspecified atom stereocenters. The molecule has 1 saturated heterocycles. The molecule has 0 radical (unpaired) electrons. The van der Waals surface area contributed by atoms with Gasteiger partial charge in [-0.1, -0.05) is 12.1 Å². The molecule has 1 fully saturated rings. The summed E-state index contributed by atoms with van der Waals surface area (Å²) in [6, 6.07) is 7.85. The third-order valence-corrected chi connectivity index (χ3v) is 4.66. The van der Waals surface area contributed by atoms with Gasteiger partial charge >= 0.3 is 6.03 Å². The van der Waals surface area contributed by atoms with Crippen LogP contribution in [0.4, 0.5) is 4.79 Å². The molecule has 0 aliphatic carbocycles. The summed E-state index contributed by atoms with van der Waals surface area (Å²) in [4.78, 5) is 21.0. The number of rotatable bonds is 6. The van der Waals surface area contributed by atoms with Gasteiger partial charge in [-0.2, -0.15) is 0 Å². The Morgan fingerprint density at radius 1 is 1.26 bits per heavy atom. The molecule has 1 N–H and O–H groups in total. The molecule has 1 aromatic heterocycles. The lowest BCUT2D eigenvalue weighted by Gasteiger charge is -2.34. The molecule has 2 aromatic rings. The smallest absolute Gasteiger partial charge is 0.317 e. The fraction of sp³-hybridized carbons (Fsp3) is 0.500. The fourth-order valence-electron chi connectivity index (χ4n) is 3.15. The van der Waals surface area contributed by atoms with Crippen LogP contribution in [0.25, 0.3) is 0 Å². The average molecular weight is 371 g/mol. The maximum absolute atomic E-state index is 12.5. The van der Waals surface area contributed by atoms with Gasteiger partial charge in [0, 0.05) is 52.2 Å². The Labute approximate surface area is 160 Å². The van der Waals surface area contributed by atoms with Gasteiger partial charge in [0.15, 0.2) is 0 Å². The number of aryl methyl sites for hydroxylation is 1. The zero-order valence-electron chi connectivity index (χ0n) is 16.4. The van der Waals surface area contributed by atoms with E-state index >= 15 is 0 Å². The molecular formula is C20H29N5O2. The molecule has 0 spiro atoms. The largest absolute Gasteiger partial charge is 0.491 e. The number of amides is 2. The highest BCUT2D eigenvalue weighted by atomic mass is 16.5. The summed E-state index contributed by atoms with van der Waals surface area (Å²) in [5.74, 6) is 1.89. The second-order valence-electron chi connectivity index (χ2n) is 7.19. The number of hydrogen-bond donors (Lipinski definition) is 1. The molecule has 0 bridgehead atoms. The molecule has 7 nitrogen and oxygen atoms in total. The van der Waals surface area contributed by atoms with Crippen LogP contribution in [0, 0.1) is 0 Å². The van der Waals surface area contributed by atoms with Gasteiger partial charge in [-0.15, -0.1) is 0 Å². The standard InChI is InChI=1S/C20H29N5O2/c1-16(2)27-18-6-4-5-17(13-18)14-22-20(26)25-11-9-24(10-12-25)15-19-21-7-8-23(19)3/h4-8,13,16H,9-12,14-15H2,1-3H3,(H,22,26). The highest BCUT2D eigenvalue weighted by Crippen LogP contribution is 2.15. The normalized spacial score (nSPS) is 15.2. The predicted molar refractivity (Wildman–Crippen MR) is 104 cm³/mol. The minimum atomic E-state index is -0.0122. The van der Waals surface area contributed by atoms with E-state index in [4.69, 9.17) is 4.74 Å². The number of nitrogens with one attached hydrogen (secondary N) is 1. The third-order valence-electron chi connectivity index (χ3n) is 4.66. The number of nitrogens with zero attached hydrogens (tertiary/aromatic N) is 4. The molecule has 7 heteroatoms. The SMILES string of the molecule is CC(C)Oc1cccc(CNC(=O)N2CCN(Cc3nccn3C)CC2)c1. The van der Waals surface area contributed by atoms with Crippen molar-refractivity contribution in [3.63, 3.8) is 0 Å². The predicted octanol–water partition coefficient (Wildman–Crippen LogP) is 2.23. The van der Waals surface area contributed by atoms with Gasteiger partial charge in [-0.25, -0.2) is 9.78 Å². The van der Waals surface area contributed by atoms with E-state index in [9.17, 15) is 4.79 Å². The van der Waals surface area contributed by atoms with Crippen LogP contribution in [-0.2, 0) is 20.1 Å². The second-order valence-corrected chi connectivity index (χ2v) is 7.19. The molecule has 2 amide bonds. The number of urea groups is 1. The quantitative estimate of drug-likeness (QED) is 0.846. The summed E-state index contributed by atoms with van der Waals surface area (Å²) in [5, 5.41) is 3.02. The molecular weight excluding hydrogens is 342 g/mol. The van der Waals surface area contributed by atoms with Crippen molar-refractivity contribution in [1.29, 1.82) is 0 Å². The zero-order chi connectivity index (χ0) is 19.2. The highest BCUT2D eigenvalue weighted by molar-refractivity contribution is 5.74. The van der Waals surface area contributed by atoms with Crippen molar-refractivity contribution in [2.24, 2.45) is 7.05 Å². The van der Waals surface area contributed by atoms with Crippen LogP contribution < -0.4 is 10.1 Å². The minimum Gasteiger partial charge on any atom is -0.491 e. The van der Waals surface area contributed by atoms with E-state index < -0.39 is 0 Å². The number of benzene rings is 1. The van der Waals surface area contributed by atoms with Crippen molar-refractivity contribution >= 4 is 6.03 Å². The van der Waals surface area contributed by atoms with Gasteiger partial charge in [-0.05, 0) is 31.5 Å². The van der Waals surface area contributed by atoms with E-state index in [0.29, 0.717) is 6.54 Å². The topological polar surface area (TPSA) is 62.6 Å². The number of hydrogen-bond acceptors (Lipinski definition) is 4. The average Bonchev–Trinajstić information content (AvgIpc) is 3.05. The molecule has 1 aliphatic rings. The first-order chi connectivity index (χ1) is 13.0. The number of piperazine rings is 1. The fourth-order valence-corrected chi connectivity index (χ4v) is 3.15. The van der Waals surface area contributed by atoms with Crippen molar-refractivity contribution in [1.82, 2.24) is 24.7 Å².